The third kappa shape index (κ3) is 6.40. The largest absolute Gasteiger partial charge is 0.471 e. The third-order valence-electron chi connectivity index (χ3n) is 3.48. The van der Waals surface area contributed by atoms with Gasteiger partial charge in [-0.2, -0.15) is 13.2 Å². The van der Waals surface area contributed by atoms with Gasteiger partial charge in [0.2, 0.25) is 5.91 Å². The van der Waals surface area contributed by atoms with Crippen LogP contribution in [0.4, 0.5) is 18.9 Å². The molecule has 2 aromatic carbocycles. The number of hydrogen-bond donors (Lipinski definition) is 2. The van der Waals surface area contributed by atoms with Crippen LogP contribution in [0.15, 0.2) is 48.5 Å². The van der Waals surface area contributed by atoms with Gasteiger partial charge in [-0.25, -0.2) is 0 Å². The Kier molecular flexibility index (Phi) is 6.63. The van der Waals surface area contributed by atoms with Crippen molar-refractivity contribution in [1.82, 2.24) is 5.32 Å². The van der Waals surface area contributed by atoms with Crippen molar-refractivity contribution in [1.29, 1.82) is 0 Å². The lowest BCUT2D eigenvalue weighted by Crippen LogP contribution is -2.36. The maximum atomic E-state index is 12.1. The molecule has 26 heavy (non-hydrogen) atoms. The molecule has 138 valence electrons. The van der Waals surface area contributed by atoms with E-state index in [9.17, 15) is 22.8 Å². The Morgan fingerprint density at radius 3 is 2.31 bits per heavy atom. The van der Waals surface area contributed by atoms with E-state index in [1.165, 1.54) is 12.1 Å². The molecular formula is C18H16ClF3N2O2. The summed E-state index contributed by atoms with van der Waals surface area (Å²) in [5.74, 6) is -2.18. The number of carbonyl (C=O) groups is 2. The van der Waals surface area contributed by atoms with Crippen LogP contribution in [0.1, 0.15) is 17.5 Å². The Labute approximate surface area is 153 Å². The summed E-state index contributed by atoms with van der Waals surface area (Å²) in [4.78, 5) is 22.7. The van der Waals surface area contributed by atoms with E-state index in [0.717, 1.165) is 5.56 Å². The number of carbonyl (C=O) groups excluding carboxylic acids is 2. The van der Waals surface area contributed by atoms with E-state index in [0.29, 0.717) is 22.7 Å². The number of halogens is 4. The lowest BCUT2D eigenvalue weighted by Gasteiger charge is -2.09. The number of hydrogen-bond acceptors (Lipinski definition) is 2. The molecule has 2 aromatic rings. The molecule has 2 amide bonds. The van der Waals surface area contributed by atoms with Crippen LogP contribution in [0.25, 0.3) is 0 Å². The first kappa shape index (κ1) is 19.8. The third-order valence-corrected chi connectivity index (χ3v) is 3.71. The molecule has 0 aromatic heterocycles. The fraction of sp³-hybridized carbons (Fsp3) is 0.222. The topological polar surface area (TPSA) is 58.2 Å². The average Bonchev–Trinajstić information content (AvgIpc) is 2.58. The average molecular weight is 385 g/mol. The minimum atomic E-state index is -4.91. The number of amides is 2. The molecule has 2 rings (SSSR count). The summed E-state index contributed by atoms with van der Waals surface area (Å²) in [7, 11) is 0. The van der Waals surface area contributed by atoms with Crippen LogP contribution in [-0.2, 0) is 22.6 Å². The van der Waals surface area contributed by atoms with Gasteiger partial charge in [0, 0.05) is 23.7 Å². The molecule has 0 saturated carbocycles. The van der Waals surface area contributed by atoms with Gasteiger partial charge < -0.3 is 10.6 Å². The van der Waals surface area contributed by atoms with E-state index in [1.807, 2.05) is 12.1 Å². The second kappa shape index (κ2) is 8.71. The van der Waals surface area contributed by atoms with Gasteiger partial charge in [-0.15, -0.1) is 0 Å². The minimum absolute atomic E-state index is 0.192. The Bertz CT molecular complexity index is 777. The number of benzene rings is 2. The zero-order valence-electron chi connectivity index (χ0n) is 13.6. The molecule has 0 atom stereocenters. The maximum absolute atomic E-state index is 12.1. The highest BCUT2D eigenvalue weighted by Gasteiger charge is 2.38. The molecule has 4 nitrogen and oxygen atoms in total. The van der Waals surface area contributed by atoms with Gasteiger partial charge in [-0.3, -0.25) is 9.59 Å². The van der Waals surface area contributed by atoms with Crippen LogP contribution in [0.2, 0.25) is 5.02 Å². The fourth-order valence-electron chi connectivity index (χ4n) is 2.16. The quantitative estimate of drug-likeness (QED) is 0.788. The second-order valence-electron chi connectivity index (χ2n) is 5.56. The van der Waals surface area contributed by atoms with Crippen LogP contribution < -0.4 is 10.6 Å². The Morgan fingerprint density at radius 1 is 1.00 bits per heavy atom. The predicted molar refractivity (Wildman–Crippen MR) is 92.7 cm³/mol. The number of anilines is 1. The van der Waals surface area contributed by atoms with Crippen molar-refractivity contribution in [2.45, 2.75) is 25.6 Å². The van der Waals surface area contributed by atoms with Crippen molar-refractivity contribution < 1.29 is 22.8 Å². The van der Waals surface area contributed by atoms with Gasteiger partial charge in [0.15, 0.2) is 0 Å². The second-order valence-corrected chi connectivity index (χ2v) is 5.99. The van der Waals surface area contributed by atoms with E-state index in [2.05, 4.69) is 5.32 Å². The number of rotatable bonds is 6. The van der Waals surface area contributed by atoms with E-state index in [4.69, 9.17) is 11.6 Å². The van der Waals surface area contributed by atoms with E-state index in [-0.39, 0.29) is 18.9 Å². The van der Waals surface area contributed by atoms with Crippen molar-refractivity contribution >= 4 is 29.1 Å². The first-order valence-corrected chi connectivity index (χ1v) is 8.10. The van der Waals surface area contributed by atoms with Crippen molar-refractivity contribution in [3.63, 3.8) is 0 Å². The van der Waals surface area contributed by atoms with Crippen LogP contribution in [-0.4, -0.2) is 18.0 Å². The SMILES string of the molecule is O=C(CCc1cccc(Cl)c1)Nc1ccc(CNC(=O)C(F)(F)F)cc1. The molecule has 0 bridgehead atoms. The lowest BCUT2D eigenvalue weighted by molar-refractivity contribution is -0.173. The van der Waals surface area contributed by atoms with Gasteiger partial charge in [0.25, 0.3) is 0 Å². The van der Waals surface area contributed by atoms with Gasteiger partial charge in [-0.05, 0) is 41.8 Å². The van der Waals surface area contributed by atoms with Crippen molar-refractivity contribution in [2.75, 3.05) is 5.32 Å². The molecular weight excluding hydrogens is 369 g/mol. The van der Waals surface area contributed by atoms with Gasteiger partial charge in [0.05, 0.1) is 0 Å². The van der Waals surface area contributed by atoms with Crippen LogP contribution in [0.3, 0.4) is 0 Å². The van der Waals surface area contributed by atoms with Gasteiger partial charge in [-0.1, -0.05) is 35.9 Å². The minimum Gasteiger partial charge on any atom is -0.344 e. The molecule has 2 N–H and O–H groups in total. The number of aryl methyl sites for hydroxylation is 1. The Morgan fingerprint density at radius 2 is 1.69 bits per heavy atom. The molecule has 0 aliphatic heterocycles. The molecule has 0 spiro atoms. The first-order chi connectivity index (χ1) is 12.2. The lowest BCUT2D eigenvalue weighted by atomic mass is 10.1. The Balaban J connectivity index is 1.81. The summed E-state index contributed by atoms with van der Waals surface area (Å²) in [6, 6.07) is 13.4. The smallest absolute Gasteiger partial charge is 0.344 e. The van der Waals surface area contributed by atoms with E-state index < -0.39 is 12.1 Å². The summed E-state index contributed by atoms with van der Waals surface area (Å²) in [6.45, 7) is -0.249. The highest BCUT2D eigenvalue weighted by Crippen LogP contribution is 2.16. The highest BCUT2D eigenvalue weighted by molar-refractivity contribution is 6.30. The molecule has 0 saturated heterocycles. The molecule has 8 heteroatoms. The summed E-state index contributed by atoms with van der Waals surface area (Å²) in [6.07, 6.45) is -4.10. The van der Waals surface area contributed by atoms with Crippen LogP contribution in [0, 0.1) is 0 Å². The zero-order chi connectivity index (χ0) is 19.2. The molecule has 0 fully saturated rings. The molecule has 0 aliphatic carbocycles. The summed E-state index contributed by atoms with van der Waals surface area (Å²) in [5, 5.41) is 5.09. The van der Waals surface area contributed by atoms with Crippen LogP contribution in [0.5, 0.6) is 0 Å². The summed E-state index contributed by atoms with van der Waals surface area (Å²) >= 11 is 5.89. The van der Waals surface area contributed by atoms with E-state index in [1.54, 1.807) is 29.6 Å². The first-order valence-electron chi connectivity index (χ1n) is 7.72. The number of nitrogens with one attached hydrogen (secondary N) is 2. The normalized spacial score (nSPS) is 11.1. The van der Waals surface area contributed by atoms with Crippen LogP contribution >= 0.6 is 11.6 Å². The summed E-state index contributed by atoms with van der Waals surface area (Å²) < 4.78 is 36.3. The van der Waals surface area contributed by atoms with Gasteiger partial charge in [0.1, 0.15) is 0 Å². The van der Waals surface area contributed by atoms with Crippen molar-refractivity contribution in [3.8, 4) is 0 Å². The maximum Gasteiger partial charge on any atom is 0.471 e. The van der Waals surface area contributed by atoms with Crippen molar-refractivity contribution in [2.24, 2.45) is 0 Å². The number of alkyl halides is 3. The predicted octanol–water partition coefficient (Wildman–Crippen LogP) is 4.09. The van der Waals surface area contributed by atoms with E-state index >= 15 is 0 Å². The fourth-order valence-corrected chi connectivity index (χ4v) is 2.38. The molecule has 0 radical (unpaired) electrons. The highest BCUT2D eigenvalue weighted by atomic mass is 35.5. The standard InChI is InChI=1S/C18H16ClF3N2O2/c19-14-3-1-2-12(10-14)6-9-16(25)24-15-7-4-13(5-8-15)11-23-17(26)18(20,21)22/h1-5,7-8,10H,6,9,11H2,(H,23,26)(H,24,25). The van der Waals surface area contributed by atoms with Gasteiger partial charge >= 0.3 is 12.1 Å². The Hall–Kier alpha value is -2.54. The monoisotopic (exact) mass is 384 g/mol. The molecule has 0 aliphatic rings. The zero-order valence-corrected chi connectivity index (χ0v) is 14.3. The summed E-state index contributed by atoms with van der Waals surface area (Å²) in [5.41, 5.74) is 1.95. The van der Waals surface area contributed by atoms with Crippen molar-refractivity contribution in [3.05, 3.63) is 64.7 Å². The molecule has 0 unspecified atom stereocenters. The molecule has 0 heterocycles.